The number of rotatable bonds is 17. The zero-order valence-electron chi connectivity index (χ0n) is 43.4. The average Bonchev–Trinajstić information content (AvgIpc) is 4.05. The van der Waals surface area contributed by atoms with Crippen molar-refractivity contribution in [3.8, 4) is 34.5 Å². The summed E-state index contributed by atoms with van der Waals surface area (Å²) < 4.78 is 57.7. The van der Waals surface area contributed by atoms with Crippen LogP contribution in [-0.4, -0.2) is 154 Å². The maximum Gasteiger partial charge on any atom is 0.319 e. The van der Waals surface area contributed by atoms with Crippen molar-refractivity contribution in [3.63, 3.8) is 0 Å². The lowest BCUT2D eigenvalue weighted by Crippen LogP contribution is -2.54. The van der Waals surface area contributed by atoms with E-state index in [2.05, 4.69) is 60.6 Å². The van der Waals surface area contributed by atoms with Gasteiger partial charge in [-0.15, -0.1) is 12.4 Å². The second-order valence-electron chi connectivity index (χ2n) is 19.0. The van der Waals surface area contributed by atoms with Crippen LogP contribution in [0.15, 0.2) is 72.8 Å². The quantitative estimate of drug-likeness (QED) is 0.0635. The summed E-state index contributed by atoms with van der Waals surface area (Å²) in [4.78, 5) is 30.6. The van der Waals surface area contributed by atoms with Crippen molar-refractivity contribution in [2.75, 3.05) is 106 Å². The Morgan fingerprint density at radius 2 is 0.973 bits per heavy atom. The molecule has 8 rings (SSSR count). The predicted octanol–water partition coefficient (Wildman–Crippen LogP) is 6.90. The molecule has 4 fully saturated rings. The molecule has 75 heavy (non-hydrogen) atoms. The van der Waals surface area contributed by atoms with Crippen LogP contribution in [0.1, 0.15) is 36.8 Å². The molecule has 0 bridgehead atoms. The summed E-state index contributed by atoms with van der Waals surface area (Å²) >= 11 is 12.0. The van der Waals surface area contributed by atoms with Gasteiger partial charge >= 0.3 is 12.1 Å². The van der Waals surface area contributed by atoms with Gasteiger partial charge in [0.1, 0.15) is 0 Å². The normalized spacial score (nSPS) is 20.7. The van der Waals surface area contributed by atoms with Gasteiger partial charge in [0.15, 0.2) is 23.0 Å². The number of nitrogens with one attached hydrogen (secondary N) is 5. The Balaban J connectivity index is 0.000000242. The maximum absolute atomic E-state index is 13.0. The SMILES string of the molecule is COc1cc(NC(=O)N[C@@H]2CN(S(N)(=O)=O)C[C@H]2N2CCC(Cc3ccc(Cl)cc3)CC2)cc(OC)c1OC.COc1cc(NC(=O)N[C@@H]2CNC[C@H]2N2CCC(Cc3ccc(Cl)cc3)CC2)cc(OC)c1OC.Cl. The molecule has 4 aliphatic rings. The first-order valence-corrected chi connectivity index (χ1v) is 27.1. The number of methoxy groups -OCH3 is 6. The summed E-state index contributed by atoms with van der Waals surface area (Å²) in [6.45, 7) is 5.61. The third kappa shape index (κ3) is 16.0. The number of anilines is 2. The number of carbonyl (C=O) groups excluding carboxylic acids is 2. The largest absolute Gasteiger partial charge is 0.493 e. The molecular weight excluding hydrogens is 1050 g/mol. The van der Waals surface area contributed by atoms with Gasteiger partial charge in [-0.3, -0.25) is 9.80 Å². The van der Waals surface area contributed by atoms with Gasteiger partial charge in [0.2, 0.25) is 11.5 Å². The molecule has 4 aliphatic heterocycles. The summed E-state index contributed by atoms with van der Waals surface area (Å²) in [5, 5.41) is 22.2. The van der Waals surface area contributed by atoms with Crippen LogP contribution in [0.3, 0.4) is 0 Å². The topological polar surface area (TPSA) is 220 Å². The number of halogens is 3. The Morgan fingerprint density at radius 3 is 1.35 bits per heavy atom. The molecule has 4 saturated heterocycles. The smallest absolute Gasteiger partial charge is 0.319 e. The zero-order chi connectivity index (χ0) is 52.9. The van der Waals surface area contributed by atoms with E-state index in [1.807, 2.05) is 24.3 Å². The number of urea groups is 2. The first-order chi connectivity index (χ1) is 35.6. The Labute approximate surface area is 457 Å². The fraction of sp³-hybridized carbons (Fsp3) is 0.500. The van der Waals surface area contributed by atoms with Crippen LogP contribution < -0.4 is 60.1 Å². The van der Waals surface area contributed by atoms with Gasteiger partial charge < -0.3 is 55.0 Å². The lowest BCUT2D eigenvalue weighted by atomic mass is 9.89. The van der Waals surface area contributed by atoms with E-state index in [4.69, 9.17) is 56.8 Å². The average molecular weight is 1120 g/mol. The van der Waals surface area contributed by atoms with Gasteiger partial charge in [-0.2, -0.15) is 12.7 Å². The molecule has 23 heteroatoms. The fourth-order valence-electron chi connectivity index (χ4n) is 10.5. The van der Waals surface area contributed by atoms with E-state index in [0.717, 1.165) is 87.8 Å². The molecule has 4 aromatic rings. The van der Waals surface area contributed by atoms with Crippen molar-refractivity contribution < 1.29 is 46.4 Å². The summed E-state index contributed by atoms with van der Waals surface area (Å²) in [6, 6.07) is 21.7. The summed E-state index contributed by atoms with van der Waals surface area (Å²) in [5.74, 6) is 3.86. The minimum absolute atomic E-state index is 0. The van der Waals surface area contributed by atoms with Gasteiger partial charge in [-0.1, -0.05) is 47.5 Å². The second kappa shape index (κ2) is 27.8. The van der Waals surface area contributed by atoms with Crippen LogP contribution in [0.25, 0.3) is 0 Å². The summed E-state index contributed by atoms with van der Waals surface area (Å²) in [5.41, 5.74) is 3.60. The minimum Gasteiger partial charge on any atom is -0.493 e. The highest BCUT2D eigenvalue weighted by molar-refractivity contribution is 7.86. The number of piperidine rings is 2. The zero-order valence-corrected chi connectivity index (χ0v) is 46.5. The van der Waals surface area contributed by atoms with Crippen molar-refractivity contribution in [3.05, 3.63) is 94.0 Å². The molecule has 4 heterocycles. The Kier molecular flexibility index (Phi) is 21.9. The highest BCUT2D eigenvalue weighted by atomic mass is 35.5. The van der Waals surface area contributed by atoms with Crippen LogP contribution in [0.4, 0.5) is 21.0 Å². The van der Waals surface area contributed by atoms with Crippen molar-refractivity contribution >= 4 is 69.3 Å². The highest BCUT2D eigenvalue weighted by Crippen LogP contribution is 2.41. The van der Waals surface area contributed by atoms with E-state index in [-0.39, 0.29) is 49.7 Å². The molecular formula is C52H72Cl3N9O10S. The Morgan fingerprint density at radius 1 is 0.587 bits per heavy atom. The summed E-state index contributed by atoms with van der Waals surface area (Å²) in [7, 11) is 5.22. The van der Waals surface area contributed by atoms with E-state index in [1.54, 1.807) is 45.6 Å². The lowest BCUT2D eigenvalue weighted by molar-refractivity contribution is 0.125. The van der Waals surface area contributed by atoms with Crippen LogP contribution in [0.2, 0.25) is 10.0 Å². The number of nitrogens with two attached hydrogens (primary N) is 1. The number of hydrogen-bond donors (Lipinski definition) is 6. The molecule has 0 radical (unpaired) electrons. The summed E-state index contributed by atoms with van der Waals surface area (Å²) in [6.07, 6.45) is 6.31. The van der Waals surface area contributed by atoms with Gasteiger partial charge in [0, 0.05) is 72.6 Å². The third-order valence-corrected chi connectivity index (χ3v) is 15.9. The molecule has 0 saturated carbocycles. The first-order valence-electron chi connectivity index (χ1n) is 24.8. The van der Waals surface area contributed by atoms with E-state index in [1.165, 1.54) is 36.8 Å². The van der Waals surface area contributed by atoms with Crippen molar-refractivity contribution in [1.82, 2.24) is 30.1 Å². The van der Waals surface area contributed by atoms with Crippen molar-refractivity contribution in [2.45, 2.75) is 62.7 Å². The molecule has 0 spiro atoms. The molecule has 0 aliphatic carbocycles. The van der Waals surface area contributed by atoms with Crippen LogP contribution in [0.5, 0.6) is 34.5 Å². The van der Waals surface area contributed by atoms with Gasteiger partial charge in [0.25, 0.3) is 10.2 Å². The standard InChI is InChI=1S/C26H36ClN5O6S.C26H35ClN4O4.ClH/c1-36-23-13-20(14-24(37-2)25(23)38-3)29-26(33)30-21-15-32(39(28,34)35)16-22(21)31-10-8-18(9-11-31)12-17-4-6-19(27)7-5-17;1-33-23-13-20(14-24(34-2)25(23)35-3)29-26(32)30-21-15-28-16-22(21)31-10-8-18(9-11-31)12-17-4-6-19(27)7-5-17;/h4-7,13-14,18,21-22H,8-12,15-16H2,1-3H3,(H2,28,34,35)(H2,29,30,33);4-7,13-14,18,21-22,28H,8-12,15-16H2,1-3H3,(H2,29,30,32);1H/t2*21-,22-;/m11./s1. The number of hydrogen-bond acceptors (Lipinski definition) is 13. The van der Waals surface area contributed by atoms with Crippen molar-refractivity contribution in [1.29, 1.82) is 0 Å². The lowest BCUT2D eigenvalue weighted by Gasteiger charge is -2.38. The van der Waals surface area contributed by atoms with Gasteiger partial charge in [-0.05, 0) is 112 Å². The minimum atomic E-state index is -3.91. The van der Waals surface area contributed by atoms with Crippen molar-refractivity contribution in [2.24, 2.45) is 17.0 Å². The molecule has 0 unspecified atom stereocenters. The third-order valence-electron chi connectivity index (χ3n) is 14.4. The molecule has 412 valence electrons. The molecule has 4 amide bonds. The number of carbonyl (C=O) groups is 2. The van der Waals surface area contributed by atoms with Crippen LogP contribution in [0, 0.1) is 11.8 Å². The fourth-order valence-corrected chi connectivity index (χ4v) is 11.5. The molecule has 4 aromatic carbocycles. The molecule has 0 aromatic heterocycles. The number of nitrogens with zero attached hydrogens (tertiary/aromatic N) is 3. The number of likely N-dealkylation sites (tertiary alicyclic amines) is 2. The van der Waals surface area contributed by atoms with Gasteiger partial charge in [0.05, 0.1) is 66.1 Å². The van der Waals surface area contributed by atoms with E-state index < -0.39 is 22.3 Å². The number of ether oxygens (including phenoxy) is 6. The molecule has 7 N–H and O–H groups in total. The molecule has 4 atom stereocenters. The number of benzene rings is 4. The predicted molar refractivity (Wildman–Crippen MR) is 295 cm³/mol. The highest BCUT2D eigenvalue weighted by Gasteiger charge is 2.42. The van der Waals surface area contributed by atoms with E-state index in [9.17, 15) is 18.0 Å². The Hall–Kier alpha value is -5.16. The first kappa shape index (κ1) is 59.1. The monoisotopic (exact) mass is 1120 g/mol. The van der Waals surface area contributed by atoms with Crippen LogP contribution >= 0.6 is 35.6 Å². The van der Waals surface area contributed by atoms with Gasteiger partial charge in [-0.25, -0.2) is 14.7 Å². The van der Waals surface area contributed by atoms with Crippen LogP contribution in [-0.2, 0) is 23.1 Å². The molecule has 19 nitrogen and oxygen atoms in total. The Bertz CT molecular complexity index is 2560. The van der Waals surface area contributed by atoms with E-state index in [0.29, 0.717) is 57.7 Å². The maximum atomic E-state index is 13.0. The second-order valence-corrected chi connectivity index (χ2v) is 21.4. The van der Waals surface area contributed by atoms with E-state index >= 15 is 0 Å². The number of amides is 4.